The van der Waals surface area contributed by atoms with E-state index in [4.69, 9.17) is 4.98 Å². The first-order valence-corrected chi connectivity index (χ1v) is 10.6. The maximum atomic E-state index is 13.2. The summed E-state index contributed by atoms with van der Waals surface area (Å²) in [6, 6.07) is 7.95. The molecule has 1 aliphatic carbocycles. The summed E-state index contributed by atoms with van der Waals surface area (Å²) in [5.74, 6) is 0.144. The molecular weight excluding hydrogens is 360 g/mol. The van der Waals surface area contributed by atoms with E-state index in [-0.39, 0.29) is 23.9 Å². The molecule has 1 saturated heterocycles. The second kappa shape index (κ2) is 6.87. The lowest BCUT2D eigenvalue weighted by atomic mass is 9.73. The van der Waals surface area contributed by atoms with Crippen LogP contribution in [0.3, 0.4) is 0 Å². The van der Waals surface area contributed by atoms with Crippen LogP contribution in [0.2, 0.25) is 0 Å². The largest absolute Gasteiger partial charge is 0.329 e. The average molecular weight is 388 g/mol. The van der Waals surface area contributed by atoms with Crippen LogP contribution in [0.4, 0.5) is 4.79 Å². The number of amides is 3. The Balaban J connectivity index is 1.51. The second-order valence-corrected chi connectivity index (χ2v) is 9.09. The SMILES string of the molecule is C[C@@H]1CCCC[C@@]12NC(=O)N(C[NH+](C)[C@@H](C)c1nc3ccccc3s1)C2=O. The van der Waals surface area contributed by atoms with Crippen LogP contribution in [0, 0.1) is 5.92 Å². The molecule has 1 saturated carbocycles. The number of nitrogens with one attached hydrogen (secondary N) is 2. The van der Waals surface area contributed by atoms with Gasteiger partial charge in [-0.25, -0.2) is 14.7 Å². The van der Waals surface area contributed by atoms with Crippen molar-refractivity contribution < 1.29 is 14.5 Å². The molecule has 2 aromatic rings. The third-order valence-corrected chi connectivity index (χ3v) is 7.55. The van der Waals surface area contributed by atoms with E-state index in [1.807, 2.05) is 25.2 Å². The summed E-state index contributed by atoms with van der Waals surface area (Å²) in [6.07, 6.45) is 3.87. The van der Waals surface area contributed by atoms with Gasteiger partial charge in [0.05, 0.1) is 17.3 Å². The molecule has 27 heavy (non-hydrogen) atoms. The first-order valence-electron chi connectivity index (χ1n) is 9.74. The lowest BCUT2D eigenvalue weighted by molar-refractivity contribution is -0.917. The molecule has 1 aromatic heterocycles. The van der Waals surface area contributed by atoms with E-state index in [9.17, 15) is 9.59 Å². The van der Waals surface area contributed by atoms with E-state index < -0.39 is 5.54 Å². The molecule has 7 heteroatoms. The van der Waals surface area contributed by atoms with Gasteiger partial charge in [0.25, 0.3) is 5.91 Å². The number of fused-ring (bicyclic) bond motifs is 1. The maximum absolute atomic E-state index is 13.2. The summed E-state index contributed by atoms with van der Waals surface area (Å²) in [5, 5.41) is 4.06. The number of carbonyl (C=O) groups is 2. The zero-order valence-electron chi connectivity index (χ0n) is 16.1. The Labute approximate surface area is 163 Å². The minimum atomic E-state index is -0.686. The molecule has 0 bridgehead atoms. The number of nitrogens with zero attached hydrogens (tertiary/aromatic N) is 2. The van der Waals surface area contributed by atoms with Crippen LogP contribution in [-0.4, -0.2) is 41.1 Å². The fourth-order valence-electron chi connectivity index (χ4n) is 4.31. The Bertz CT molecular complexity index is 849. The predicted octanol–water partition coefficient (Wildman–Crippen LogP) is 2.33. The highest BCUT2D eigenvalue weighted by Gasteiger charge is 2.55. The number of benzene rings is 1. The molecular formula is C20H27N4O2S+. The van der Waals surface area contributed by atoms with Gasteiger partial charge in [-0.05, 0) is 37.8 Å². The van der Waals surface area contributed by atoms with Gasteiger partial charge in [0, 0.05) is 0 Å². The minimum absolute atomic E-state index is 0.0458. The second-order valence-electron chi connectivity index (χ2n) is 8.03. The summed E-state index contributed by atoms with van der Waals surface area (Å²) in [6.45, 7) is 4.54. The molecule has 2 aliphatic rings. The summed E-state index contributed by atoms with van der Waals surface area (Å²) in [4.78, 5) is 33.0. The third-order valence-electron chi connectivity index (χ3n) is 6.33. The zero-order chi connectivity index (χ0) is 19.2. The van der Waals surface area contributed by atoms with E-state index in [1.165, 1.54) is 4.90 Å². The fraction of sp³-hybridized carbons (Fsp3) is 0.550. The molecule has 6 nitrogen and oxygen atoms in total. The number of carbonyl (C=O) groups excluding carboxylic acids is 2. The normalized spacial score (nSPS) is 28.0. The Kier molecular flexibility index (Phi) is 4.68. The first-order chi connectivity index (χ1) is 12.9. The van der Waals surface area contributed by atoms with Crippen LogP contribution < -0.4 is 10.2 Å². The van der Waals surface area contributed by atoms with E-state index in [0.29, 0.717) is 6.67 Å². The van der Waals surface area contributed by atoms with E-state index in [2.05, 4.69) is 25.2 Å². The summed E-state index contributed by atoms with van der Waals surface area (Å²) >= 11 is 1.68. The first kappa shape index (κ1) is 18.4. The van der Waals surface area contributed by atoms with E-state index >= 15 is 0 Å². The number of quaternary nitrogens is 1. The number of hydrogen-bond donors (Lipinski definition) is 2. The van der Waals surface area contributed by atoms with Gasteiger partial charge in [0.15, 0.2) is 11.7 Å². The topological polar surface area (TPSA) is 66.7 Å². The van der Waals surface area contributed by atoms with Gasteiger partial charge in [-0.1, -0.05) is 31.9 Å². The van der Waals surface area contributed by atoms with Crippen LogP contribution in [0.25, 0.3) is 10.2 Å². The van der Waals surface area contributed by atoms with Crippen molar-refractivity contribution in [3.63, 3.8) is 0 Å². The monoisotopic (exact) mass is 387 g/mol. The zero-order valence-corrected chi connectivity index (χ0v) is 16.9. The van der Waals surface area contributed by atoms with Crippen molar-refractivity contribution in [1.82, 2.24) is 15.2 Å². The van der Waals surface area contributed by atoms with Gasteiger partial charge in [-0.2, -0.15) is 0 Å². The number of thiazole rings is 1. The van der Waals surface area contributed by atoms with Gasteiger partial charge in [0.1, 0.15) is 11.6 Å². The van der Waals surface area contributed by atoms with Gasteiger partial charge in [-0.3, -0.25) is 4.79 Å². The predicted molar refractivity (Wildman–Crippen MR) is 106 cm³/mol. The molecule has 0 radical (unpaired) electrons. The van der Waals surface area contributed by atoms with Gasteiger partial charge in [0.2, 0.25) is 0 Å². The lowest BCUT2D eigenvalue weighted by Crippen LogP contribution is -3.10. The number of hydrogen-bond acceptors (Lipinski definition) is 4. The van der Waals surface area contributed by atoms with Gasteiger partial charge >= 0.3 is 6.03 Å². The number of aromatic nitrogens is 1. The quantitative estimate of drug-likeness (QED) is 0.792. The molecule has 2 N–H and O–H groups in total. The van der Waals surface area contributed by atoms with E-state index in [1.54, 1.807) is 11.3 Å². The van der Waals surface area contributed by atoms with Crippen molar-refractivity contribution in [1.29, 1.82) is 0 Å². The van der Waals surface area contributed by atoms with Crippen molar-refractivity contribution in [3.8, 4) is 0 Å². The molecule has 1 aromatic carbocycles. The van der Waals surface area contributed by atoms with Crippen LogP contribution >= 0.6 is 11.3 Å². The molecule has 3 amide bonds. The maximum Gasteiger partial charge on any atom is 0.329 e. The molecule has 4 rings (SSSR count). The average Bonchev–Trinajstić information content (AvgIpc) is 3.19. The van der Waals surface area contributed by atoms with Crippen LogP contribution in [0.15, 0.2) is 24.3 Å². The highest BCUT2D eigenvalue weighted by Crippen LogP contribution is 2.38. The third kappa shape index (κ3) is 3.02. The van der Waals surface area contributed by atoms with Crippen LogP contribution in [-0.2, 0) is 4.79 Å². The van der Waals surface area contributed by atoms with Crippen molar-refractivity contribution in [2.75, 3.05) is 13.7 Å². The summed E-state index contributed by atoms with van der Waals surface area (Å²) < 4.78 is 1.16. The van der Waals surface area contributed by atoms with Crippen LogP contribution in [0.5, 0.6) is 0 Å². The smallest absolute Gasteiger partial charge is 0.323 e. The molecule has 2 heterocycles. The van der Waals surface area contributed by atoms with Crippen molar-refractivity contribution in [3.05, 3.63) is 29.3 Å². The fourth-order valence-corrected chi connectivity index (χ4v) is 5.42. The Hall–Kier alpha value is -1.99. The standard InChI is InChI=1S/C20H26N4O2S/c1-13-8-6-7-11-20(13)18(25)24(19(26)22-20)12-23(3)14(2)17-21-15-9-4-5-10-16(15)27-17/h4-5,9-10,13-14H,6-8,11-12H2,1-3H3,(H,22,26)/p+1/t13-,14+,20-/m1/s1. The van der Waals surface area contributed by atoms with Gasteiger partial charge < -0.3 is 10.2 Å². The molecule has 1 unspecified atom stereocenters. The molecule has 2 fully saturated rings. The highest BCUT2D eigenvalue weighted by atomic mass is 32.1. The van der Waals surface area contributed by atoms with Crippen molar-refractivity contribution in [2.24, 2.45) is 5.92 Å². The molecule has 144 valence electrons. The van der Waals surface area contributed by atoms with E-state index in [0.717, 1.165) is 45.8 Å². The summed E-state index contributed by atoms with van der Waals surface area (Å²) in [7, 11) is 2.02. The number of rotatable bonds is 4. The number of imide groups is 1. The van der Waals surface area contributed by atoms with Crippen molar-refractivity contribution in [2.45, 2.75) is 51.1 Å². The van der Waals surface area contributed by atoms with Crippen LogP contribution in [0.1, 0.15) is 50.6 Å². The molecule has 4 atom stereocenters. The molecule has 1 aliphatic heterocycles. The highest BCUT2D eigenvalue weighted by molar-refractivity contribution is 7.18. The minimum Gasteiger partial charge on any atom is -0.323 e. The Morgan fingerprint density at radius 1 is 1.37 bits per heavy atom. The Morgan fingerprint density at radius 2 is 2.15 bits per heavy atom. The van der Waals surface area contributed by atoms with Crippen molar-refractivity contribution >= 4 is 33.5 Å². The number of urea groups is 1. The molecule has 1 spiro atoms. The number of para-hydroxylation sites is 1. The summed E-state index contributed by atoms with van der Waals surface area (Å²) in [5.41, 5.74) is 0.316. The van der Waals surface area contributed by atoms with Gasteiger partial charge in [-0.15, -0.1) is 11.3 Å². The Morgan fingerprint density at radius 3 is 2.89 bits per heavy atom. The lowest BCUT2D eigenvalue weighted by Gasteiger charge is -2.36.